The largest absolute Gasteiger partial charge is 0.324 e. The van der Waals surface area contributed by atoms with E-state index < -0.39 is 10.2 Å². The predicted molar refractivity (Wildman–Crippen MR) is 40.7 cm³/mol. The van der Waals surface area contributed by atoms with Crippen LogP contribution < -0.4 is 4.72 Å². The van der Waals surface area contributed by atoms with E-state index in [9.17, 15) is 13.2 Å². The minimum atomic E-state index is -3.61. The minimum Gasteiger partial charge on any atom is -0.262 e. The Morgan fingerprint density at radius 3 is 2.09 bits per heavy atom. The van der Waals surface area contributed by atoms with Crippen molar-refractivity contribution in [2.45, 2.75) is 13.8 Å². The van der Waals surface area contributed by atoms with E-state index >= 15 is 0 Å². The van der Waals surface area contributed by atoms with Gasteiger partial charge in [-0.2, -0.15) is 12.7 Å². The molecular formula is C5H11N2O3S. The topological polar surface area (TPSA) is 66.5 Å². The molecule has 0 spiro atoms. The lowest BCUT2D eigenvalue weighted by Gasteiger charge is -2.15. The van der Waals surface area contributed by atoms with Gasteiger partial charge in [0.15, 0.2) is 0 Å². The number of amides is 1. The highest BCUT2D eigenvalue weighted by molar-refractivity contribution is 7.87. The van der Waals surface area contributed by atoms with E-state index in [1.165, 1.54) is 0 Å². The second kappa shape index (κ2) is 4.30. The molecule has 0 saturated carbocycles. The summed E-state index contributed by atoms with van der Waals surface area (Å²) in [6.45, 7) is 4.06. The highest BCUT2D eigenvalue weighted by Gasteiger charge is 2.16. The van der Waals surface area contributed by atoms with Crippen LogP contribution in [0.4, 0.5) is 0 Å². The summed E-state index contributed by atoms with van der Waals surface area (Å²) in [5, 5.41) is 0. The maximum absolute atomic E-state index is 10.9. The molecule has 65 valence electrons. The van der Waals surface area contributed by atoms with Crippen LogP contribution in [0.25, 0.3) is 0 Å². The van der Waals surface area contributed by atoms with E-state index in [4.69, 9.17) is 0 Å². The lowest BCUT2D eigenvalue weighted by atomic mass is 10.7. The molecule has 11 heavy (non-hydrogen) atoms. The van der Waals surface area contributed by atoms with Gasteiger partial charge in [0.1, 0.15) is 0 Å². The minimum absolute atomic E-state index is 0.341. The Hall–Kier alpha value is -0.620. The number of hydrogen-bond donors (Lipinski definition) is 1. The highest BCUT2D eigenvalue weighted by Crippen LogP contribution is 1.94. The number of carbonyl (C=O) groups excluding carboxylic acids is 1. The van der Waals surface area contributed by atoms with Crippen molar-refractivity contribution in [1.29, 1.82) is 0 Å². The first kappa shape index (κ1) is 10.4. The fourth-order valence-electron chi connectivity index (χ4n) is 0.681. The van der Waals surface area contributed by atoms with E-state index in [1.54, 1.807) is 18.6 Å². The molecule has 0 heterocycles. The molecule has 0 aliphatic heterocycles. The van der Waals surface area contributed by atoms with Gasteiger partial charge in [-0.3, -0.25) is 4.79 Å². The lowest BCUT2D eigenvalue weighted by molar-refractivity contribution is 0.440. The molecule has 0 aromatic heterocycles. The summed E-state index contributed by atoms with van der Waals surface area (Å²) < 4.78 is 24.6. The lowest BCUT2D eigenvalue weighted by Crippen LogP contribution is -2.39. The first-order valence-electron chi connectivity index (χ1n) is 3.22. The van der Waals surface area contributed by atoms with Gasteiger partial charge < -0.3 is 0 Å². The normalized spacial score (nSPS) is 11.5. The molecule has 0 rings (SSSR count). The van der Waals surface area contributed by atoms with Crippen LogP contribution in [0.1, 0.15) is 13.8 Å². The molecule has 0 atom stereocenters. The van der Waals surface area contributed by atoms with Crippen molar-refractivity contribution in [2.75, 3.05) is 13.1 Å². The maximum Gasteiger partial charge on any atom is 0.324 e. The molecule has 0 bridgehead atoms. The van der Waals surface area contributed by atoms with Crippen LogP contribution in [0.15, 0.2) is 0 Å². The number of nitrogens with zero attached hydrogens (tertiary/aromatic N) is 1. The van der Waals surface area contributed by atoms with Crippen molar-refractivity contribution in [3.63, 3.8) is 0 Å². The highest BCUT2D eigenvalue weighted by atomic mass is 32.2. The third kappa shape index (κ3) is 2.85. The average Bonchev–Trinajstić information content (AvgIpc) is 1.89. The molecule has 0 aromatic rings. The quantitative estimate of drug-likeness (QED) is 0.563. The van der Waals surface area contributed by atoms with Crippen LogP contribution in [-0.4, -0.2) is 32.2 Å². The second-order valence-corrected chi connectivity index (χ2v) is 3.46. The van der Waals surface area contributed by atoms with Gasteiger partial charge in [-0.25, -0.2) is 4.72 Å². The van der Waals surface area contributed by atoms with Gasteiger partial charge in [-0.15, -0.1) is 0 Å². The van der Waals surface area contributed by atoms with Gasteiger partial charge in [0.25, 0.3) is 0 Å². The first-order valence-corrected chi connectivity index (χ1v) is 4.66. The Morgan fingerprint density at radius 1 is 1.36 bits per heavy atom. The van der Waals surface area contributed by atoms with Crippen LogP contribution >= 0.6 is 0 Å². The zero-order valence-corrected chi connectivity index (χ0v) is 7.31. The Kier molecular flexibility index (Phi) is 4.06. The van der Waals surface area contributed by atoms with Gasteiger partial charge in [0.2, 0.25) is 0 Å². The van der Waals surface area contributed by atoms with Crippen molar-refractivity contribution < 1.29 is 13.2 Å². The Morgan fingerprint density at radius 2 is 1.82 bits per heavy atom. The summed E-state index contributed by atoms with van der Waals surface area (Å²) in [6.07, 6.45) is 1.13. The van der Waals surface area contributed by atoms with Crippen LogP contribution in [0.2, 0.25) is 0 Å². The smallest absolute Gasteiger partial charge is 0.262 e. The molecular weight excluding hydrogens is 168 g/mol. The summed E-state index contributed by atoms with van der Waals surface area (Å²) in [5.74, 6) is 0. The Bertz CT molecular complexity index is 208. The van der Waals surface area contributed by atoms with Crippen LogP contribution in [0, 0.1) is 0 Å². The molecule has 1 amide bonds. The molecule has 0 aliphatic rings. The molecule has 0 saturated heterocycles. The van der Waals surface area contributed by atoms with Crippen molar-refractivity contribution >= 4 is 16.6 Å². The first-order chi connectivity index (χ1) is 5.08. The molecule has 0 aliphatic carbocycles. The summed E-state index contributed by atoms with van der Waals surface area (Å²) in [5.41, 5.74) is 0. The fourth-order valence-corrected chi connectivity index (χ4v) is 1.59. The number of rotatable bonds is 5. The van der Waals surface area contributed by atoms with E-state index in [-0.39, 0.29) is 0 Å². The monoisotopic (exact) mass is 179 g/mol. The van der Waals surface area contributed by atoms with E-state index in [0.717, 1.165) is 10.7 Å². The van der Waals surface area contributed by atoms with Crippen LogP contribution in [0.3, 0.4) is 0 Å². The Labute approximate surface area is 66.6 Å². The summed E-state index contributed by atoms with van der Waals surface area (Å²) >= 11 is 0. The second-order valence-electron chi connectivity index (χ2n) is 1.79. The van der Waals surface area contributed by atoms with Gasteiger partial charge in [0, 0.05) is 13.1 Å². The van der Waals surface area contributed by atoms with E-state index in [1.807, 2.05) is 0 Å². The molecule has 0 unspecified atom stereocenters. The molecule has 1 radical (unpaired) electrons. The number of hydrogen-bond acceptors (Lipinski definition) is 3. The Balaban J connectivity index is 4.38. The predicted octanol–water partition coefficient (Wildman–Crippen LogP) is -0.770. The third-order valence-corrected chi connectivity index (χ3v) is 2.75. The van der Waals surface area contributed by atoms with Crippen molar-refractivity contribution in [2.24, 2.45) is 0 Å². The standard InChI is InChI=1S/C5H11N2O3S/c1-3-7(4-2)11(9,10)6-5-8/h3-4H2,1-2H3,(H,6,8). The van der Waals surface area contributed by atoms with E-state index in [0.29, 0.717) is 13.1 Å². The molecule has 5 nitrogen and oxygen atoms in total. The molecule has 1 N–H and O–H groups in total. The SMILES string of the molecule is CCN(CC)S(=O)(=O)N[C]=O. The molecule has 6 heteroatoms. The van der Waals surface area contributed by atoms with Crippen molar-refractivity contribution in [1.82, 2.24) is 9.03 Å². The van der Waals surface area contributed by atoms with Crippen molar-refractivity contribution in [3.8, 4) is 0 Å². The van der Waals surface area contributed by atoms with E-state index in [2.05, 4.69) is 0 Å². The van der Waals surface area contributed by atoms with Crippen LogP contribution in [0.5, 0.6) is 0 Å². The molecule has 0 fully saturated rings. The van der Waals surface area contributed by atoms with Gasteiger partial charge in [0.05, 0.1) is 0 Å². The fraction of sp³-hybridized carbons (Fsp3) is 0.800. The zero-order valence-electron chi connectivity index (χ0n) is 6.49. The van der Waals surface area contributed by atoms with Gasteiger partial charge >= 0.3 is 16.6 Å². The third-order valence-electron chi connectivity index (χ3n) is 1.22. The van der Waals surface area contributed by atoms with Gasteiger partial charge in [-0.1, -0.05) is 13.8 Å². The summed E-state index contributed by atoms with van der Waals surface area (Å²) in [6, 6.07) is 0. The zero-order chi connectivity index (χ0) is 8.91. The maximum atomic E-state index is 10.9. The van der Waals surface area contributed by atoms with Crippen LogP contribution in [-0.2, 0) is 15.0 Å². The average molecular weight is 179 g/mol. The summed E-state index contributed by atoms with van der Waals surface area (Å²) in [7, 11) is -3.61. The number of nitrogens with one attached hydrogen (secondary N) is 1. The van der Waals surface area contributed by atoms with Crippen molar-refractivity contribution in [3.05, 3.63) is 0 Å². The van der Waals surface area contributed by atoms with Gasteiger partial charge in [-0.05, 0) is 0 Å². The summed E-state index contributed by atoms with van der Waals surface area (Å²) in [4.78, 5) is 9.71. The molecule has 0 aromatic carbocycles.